The smallest absolute Gasteiger partial charge is 0.337 e. The first-order valence-corrected chi connectivity index (χ1v) is 14.5. The van der Waals surface area contributed by atoms with Crippen LogP contribution in [0.25, 0.3) is 6.08 Å². The molecule has 0 aromatic heterocycles. The molecule has 4 aromatic rings. The number of thioether (sulfide) groups is 1. The highest BCUT2D eigenvalue weighted by molar-refractivity contribution is 9.10. The Morgan fingerprint density at radius 1 is 0.833 bits per heavy atom. The van der Waals surface area contributed by atoms with Gasteiger partial charge in [-0.15, -0.1) is 11.8 Å². The van der Waals surface area contributed by atoms with Crippen LogP contribution in [0, 0.1) is 0 Å². The number of carboxylic acids is 1. The van der Waals surface area contributed by atoms with Gasteiger partial charge in [-0.3, -0.25) is 14.4 Å². The number of aromatic carboxylic acids is 1. The second-order valence-electron chi connectivity index (χ2n) is 8.74. The molecule has 0 aliphatic rings. The maximum Gasteiger partial charge on any atom is 0.337 e. The van der Waals surface area contributed by atoms with Crippen LogP contribution in [0.3, 0.4) is 0 Å². The SMILES string of the molecule is O=C(CSc1ccc(NC(=O)/C(=C/c2ccc(Br)cc2)NC(=O)c2ccccc2)cc1)Nc1ccc(Cl)c(C(=O)O)c1. The van der Waals surface area contributed by atoms with E-state index >= 15 is 0 Å². The first kappa shape index (κ1) is 30.6. The van der Waals surface area contributed by atoms with Gasteiger partial charge < -0.3 is 21.1 Å². The Kier molecular flexibility index (Phi) is 10.6. The minimum absolute atomic E-state index is 0.0644. The number of rotatable bonds is 10. The summed E-state index contributed by atoms with van der Waals surface area (Å²) in [6.45, 7) is 0. The molecule has 0 aliphatic heterocycles. The predicted octanol–water partition coefficient (Wildman–Crippen LogP) is 6.94. The highest BCUT2D eigenvalue weighted by Gasteiger charge is 2.16. The Morgan fingerprint density at radius 3 is 2.17 bits per heavy atom. The number of nitrogens with one attached hydrogen (secondary N) is 3. The highest BCUT2D eigenvalue weighted by atomic mass is 79.9. The summed E-state index contributed by atoms with van der Waals surface area (Å²) < 4.78 is 0.881. The molecule has 0 saturated heterocycles. The summed E-state index contributed by atoms with van der Waals surface area (Å²) >= 11 is 10.5. The molecule has 4 aromatic carbocycles. The van der Waals surface area contributed by atoms with Crippen LogP contribution >= 0.6 is 39.3 Å². The molecule has 4 rings (SSSR count). The van der Waals surface area contributed by atoms with Crippen molar-refractivity contribution >= 4 is 80.4 Å². The van der Waals surface area contributed by atoms with E-state index in [1.165, 1.54) is 30.0 Å². The van der Waals surface area contributed by atoms with Gasteiger partial charge in [-0.05, 0) is 78.4 Å². The number of carbonyl (C=O) groups excluding carboxylic acids is 3. The summed E-state index contributed by atoms with van der Waals surface area (Å²) in [5, 5.41) is 17.4. The number of hydrogen-bond acceptors (Lipinski definition) is 5. The van der Waals surface area contributed by atoms with E-state index in [0.29, 0.717) is 16.9 Å². The molecular weight excluding hydrogens is 642 g/mol. The molecule has 0 spiro atoms. The van der Waals surface area contributed by atoms with Crippen LogP contribution in [0.1, 0.15) is 26.3 Å². The van der Waals surface area contributed by atoms with Crippen molar-refractivity contribution in [3.8, 4) is 0 Å². The van der Waals surface area contributed by atoms with Crippen molar-refractivity contribution in [1.82, 2.24) is 5.32 Å². The zero-order chi connectivity index (χ0) is 30.1. The van der Waals surface area contributed by atoms with E-state index in [1.54, 1.807) is 60.7 Å². The molecule has 0 heterocycles. The molecule has 0 aliphatic carbocycles. The first-order chi connectivity index (χ1) is 20.2. The van der Waals surface area contributed by atoms with Crippen LogP contribution in [0.15, 0.2) is 112 Å². The minimum atomic E-state index is -1.19. The molecule has 11 heteroatoms. The van der Waals surface area contributed by atoms with Gasteiger partial charge in [0.1, 0.15) is 5.70 Å². The van der Waals surface area contributed by atoms with E-state index in [1.807, 2.05) is 24.3 Å². The van der Waals surface area contributed by atoms with Crippen molar-refractivity contribution in [3.63, 3.8) is 0 Å². The van der Waals surface area contributed by atoms with Gasteiger partial charge in [-0.2, -0.15) is 0 Å². The molecular formula is C31H23BrClN3O5S. The van der Waals surface area contributed by atoms with E-state index in [0.717, 1.165) is 14.9 Å². The average Bonchev–Trinajstić information content (AvgIpc) is 2.98. The number of benzene rings is 4. The molecule has 0 bridgehead atoms. The number of anilines is 2. The van der Waals surface area contributed by atoms with Crippen LogP contribution in [-0.2, 0) is 9.59 Å². The molecule has 0 radical (unpaired) electrons. The van der Waals surface area contributed by atoms with Crippen LogP contribution in [0.4, 0.5) is 11.4 Å². The fourth-order valence-corrected chi connectivity index (χ4v) is 4.78. The van der Waals surface area contributed by atoms with Gasteiger partial charge in [-0.1, -0.05) is 57.9 Å². The number of hydrogen-bond donors (Lipinski definition) is 4. The predicted molar refractivity (Wildman–Crippen MR) is 169 cm³/mol. The summed E-state index contributed by atoms with van der Waals surface area (Å²) in [6.07, 6.45) is 1.59. The second kappa shape index (κ2) is 14.5. The monoisotopic (exact) mass is 663 g/mol. The third-order valence-corrected chi connectivity index (χ3v) is 7.54. The van der Waals surface area contributed by atoms with Crippen molar-refractivity contribution in [2.45, 2.75) is 4.90 Å². The molecule has 0 unspecified atom stereocenters. The van der Waals surface area contributed by atoms with E-state index in [4.69, 9.17) is 11.6 Å². The molecule has 0 atom stereocenters. The van der Waals surface area contributed by atoms with Crippen LogP contribution in [0.2, 0.25) is 5.02 Å². The largest absolute Gasteiger partial charge is 0.478 e. The lowest BCUT2D eigenvalue weighted by Crippen LogP contribution is -2.30. The number of halogens is 2. The normalized spacial score (nSPS) is 11.0. The molecule has 0 saturated carbocycles. The summed E-state index contributed by atoms with van der Waals surface area (Å²) in [4.78, 5) is 50.4. The van der Waals surface area contributed by atoms with E-state index in [2.05, 4.69) is 31.9 Å². The summed E-state index contributed by atoms with van der Waals surface area (Å²) in [5.74, 6) is -2.37. The topological polar surface area (TPSA) is 125 Å². The Hall–Kier alpha value is -4.38. The Balaban J connectivity index is 1.39. The Morgan fingerprint density at radius 2 is 1.50 bits per heavy atom. The lowest BCUT2D eigenvalue weighted by atomic mass is 10.1. The first-order valence-electron chi connectivity index (χ1n) is 12.4. The van der Waals surface area contributed by atoms with Crippen molar-refractivity contribution in [1.29, 1.82) is 0 Å². The minimum Gasteiger partial charge on any atom is -0.478 e. The number of carbonyl (C=O) groups is 4. The van der Waals surface area contributed by atoms with Crippen LogP contribution < -0.4 is 16.0 Å². The van der Waals surface area contributed by atoms with E-state index in [9.17, 15) is 24.3 Å². The maximum atomic E-state index is 13.2. The average molecular weight is 665 g/mol. The maximum absolute atomic E-state index is 13.2. The molecule has 212 valence electrons. The molecule has 0 fully saturated rings. The van der Waals surface area contributed by atoms with Gasteiger partial charge in [0, 0.05) is 26.3 Å². The second-order valence-corrected chi connectivity index (χ2v) is 11.1. The molecule has 4 N–H and O–H groups in total. The summed E-state index contributed by atoms with van der Waals surface area (Å²) in [7, 11) is 0. The fourth-order valence-electron chi connectivity index (χ4n) is 3.61. The lowest BCUT2D eigenvalue weighted by molar-refractivity contribution is -0.114. The Labute approximate surface area is 259 Å². The molecule has 3 amide bonds. The van der Waals surface area contributed by atoms with Gasteiger partial charge in [0.05, 0.1) is 16.3 Å². The van der Waals surface area contributed by atoms with Gasteiger partial charge in [0.15, 0.2) is 0 Å². The molecule has 42 heavy (non-hydrogen) atoms. The van der Waals surface area contributed by atoms with E-state index < -0.39 is 17.8 Å². The van der Waals surface area contributed by atoms with E-state index in [-0.39, 0.29) is 27.9 Å². The quantitative estimate of drug-likeness (QED) is 0.108. The Bertz CT molecular complexity index is 1650. The highest BCUT2D eigenvalue weighted by Crippen LogP contribution is 2.23. The van der Waals surface area contributed by atoms with Crippen molar-refractivity contribution in [2.75, 3.05) is 16.4 Å². The van der Waals surface area contributed by atoms with Gasteiger partial charge in [-0.25, -0.2) is 4.79 Å². The summed E-state index contributed by atoms with van der Waals surface area (Å²) in [5.41, 5.74) is 1.91. The van der Waals surface area contributed by atoms with Crippen molar-refractivity contribution < 1.29 is 24.3 Å². The zero-order valence-electron chi connectivity index (χ0n) is 21.8. The van der Waals surface area contributed by atoms with Gasteiger partial charge in [0.25, 0.3) is 11.8 Å². The van der Waals surface area contributed by atoms with Gasteiger partial charge >= 0.3 is 5.97 Å². The zero-order valence-corrected chi connectivity index (χ0v) is 24.9. The van der Waals surface area contributed by atoms with Crippen molar-refractivity contribution in [3.05, 3.63) is 129 Å². The van der Waals surface area contributed by atoms with Crippen LogP contribution in [-0.4, -0.2) is 34.6 Å². The van der Waals surface area contributed by atoms with Gasteiger partial charge in [0.2, 0.25) is 5.91 Å². The number of carboxylic acid groups (broad SMARTS) is 1. The standard InChI is InChI=1S/C31H23BrClN3O5S/c32-21-8-6-19(7-9-21)16-27(36-29(38)20-4-2-1-3-5-20)30(39)35-22-10-13-24(14-11-22)42-18-28(37)34-23-12-15-26(33)25(17-23)31(40)41/h1-17H,18H2,(H,34,37)(H,35,39)(H,36,38)(H,40,41)/b27-16-. The van der Waals surface area contributed by atoms with Crippen LogP contribution in [0.5, 0.6) is 0 Å². The van der Waals surface area contributed by atoms with Crippen molar-refractivity contribution in [2.24, 2.45) is 0 Å². The lowest BCUT2D eigenvalue weighted by Gasteiger charge is -2.12. The third-order valence-electron chi connectivity index (χ3n) is 5.67. The third kappa shape index (κ3) is 8.81. The fraction of sp³-hybridized carbons (Fsp3) is 0.0323. The summed E-state index contributed by atoms with van der Waals surface area (Å²) in [6, 6.07) is 27.0. The molecule has 8 nitrogen and oxygen atoms in total. The number of amides is 3.